The molecule has 0 saturated carbocycles. The second-order valence-electron chi connectivity index (χ2n) is 6.82. The Morgan fingerprint density at radius 1 is 0.759 bits per heavy atom. The first-order chi connectivity index (χ1) is 13.3. The van der Waals surface area contributed by atoms with Crippen molar-refractivity contribution in [2.75, 3.05) is 0 Å². The van der Waals surface area contributed by atoms with Crippen LogP contribution in [0.4, 0.5) is 0 Å². The van der Waals surface area contributed by atoms with E-state index >= 15 is 0 Å². The zero-order valence-electron chi connectivity index (χ0n) is 16.4. The van der Waals surface area contributed by atoms with Gasteiger partial charge in [0, 0.05) is 0 Å². The van der Waals surface area contributed by atoms with Crippen LogP contribution in [-0.2, 0) is 28.8 Å². The summed E-state index contributed by atoms with van der Waals surface area (Å²) in [5.41, 5.74) is 15.5. The Kier molecular flexibility index (Phi) is 10.3. The minimum atomic E-state index is -1.66. The molecule has 0 bridgehead atoms. The topological polar surface area (TPSA) is 237 Å². The third-order valence-electron chi connectivity index (χ3n) is 3.72. The Labute approximate surface area is 167 Å². The number of carboxylic acids is 1. The summed E-state index contributed by atoms with van der Waals surface area (Å²) in [7, 11) is 0. The number of nitrogens with one attached hydrogen (secondary N) is 3. The van der Waals surface area contributed by atoms with Gasteiger partial charge in [-0.15, -0.1) is 0 Å². The van der Waals surface area contributed by atoms with Crippen LogP contribution in [0.3, 0.4) is 0 Å². The highest BCUT2D eigenvalue weighted by Gasteiger charge is 2.32. The second kappa shape index (κ2) is 11.6. The molecule has 13 heteroatoms. The van der Waals surface area contributed by atoms with Gasteiger partial charge in [-0.25, -0.2) is 4.79 Å². The standard InChI is InChI=1S/C16H28N6O7/c1-6(2)12(22-13(25)7(3)17)15(27)20-8(4-10(18)23)14(26)21-9(16(28)29)5-11(19)24/h6-9,12H,4-5,17H2,1-3H3,(H2,18,23)(H2,19,24)(H,20,27)(H,21,26)(H,22,25)(H,28,29). The van der Waals surface area contributed by atoms with Crippen molar-refractivity contribution in [2.45, 2.75) is 57.8 Å². The van der Waals surface area contributed by atoms with E-state index < -0.39 is 78.4 Å². The summed E-state index contributed by atoms with van der Waals surface area (Å²) in [4.78, 5) is 70.1. The van der Waals surface area contributed by atoms with E-state index in [1.165, 1.54) is 6.92 Å². The van der Waals surface area contributed by atoms with Gasteiger partial charge >= 0.3 is 5.97 Å². The van der Waals surface area contributed by atoms with Crippen molar-refractivity contribution in [2.24, 2.45) is 23.1 Å². The molecule has 0 radical (unpaired) electrons. The van der Waals surface area contributed by atoms with Crippen molar-refractivity contribution in [3.05, 3.63) is 0 Å². The highest BCUT2D eigenvalue weighted by Crippen LogP contribution is 2.05. The number of rotatable bonds is 12. The lowest BCUT2D eigenvalue weighted by Crippen LogP contribution is -2.59. The van der Waals surface area contributed by atoms with Crippen molar-refractivity contribution in [1.82, 2.24) is 16.0 Å². The molecule has 5 amide bonds. The number of aliphatic carboxylic acids is 1. The first kappa shape index (κ1) is 25.8. The van der Waals surface area contributed by atoms with Crippen LogP contribution >= 0.6 is 0 Å². The fourth-order valence-electron chi connectivity index (χ4n) is 2.17. The molecule has 0 fully saturated rings. The van der Waals surface area contributed by atoms with Crippen LogP contribution in [0, 0.1) is 5.92 Å². The quantitative estimate of drug-likeness (QED) is 0.166. The predicted molar refractivity (Wildman–Crippen MR) is 99.5 cm³/mol. The molecule has 29 heavy (non-hydrogen) atoms. The zero-order chi connectivity index (χ0) is 22.9. The van der Waals surface area contributed by atoms with Crippen LogP contribution < -0.4 is 33.2 Å². The third kappa shape index (κ3) is 9.51. The summed E-state index contributed by atoms with van der Waals surface area (Å²) in [6.07, 6.45) is -1.34. The number of amides is 5. The molecule has 0 aliphatic rings. The average molecular weight is 416 g/mol. The number of carboxylic acid groups (broad SMARTS) is 1. The Morgan fingerprint density at radius 3 is 1.59 bits per heavy atom. The van der Waals surface area contributed by atoms with Gasteiger partial charge in [-0.3, -0.25) is 24.0 Å². The second-order valence-corrected chi connectivity index (χ2v) is 6.82. The van der Waals surface area contributed by atoms with Crippen LogP contribution in [0.5, 0.6) is 0 Å². The molecule has 0 saturated heterocycles. The molecule has 10 N–H and O–H groups in total. The van der Waals surface area contributed by atoms with Gasteiger partial charge in [0.05, 0.1) is 18.9 Å². The maximum atomic E-state index is 12.5. The number of hydrogen-bond acceptors (Lipinski definition) is 7. The summed E-state index contributed by atoms with van der Waals surface area (Å²) in [5.74, 6) is -6.35. The molecule has 0 aromatic carbocycles. The summed E-state index contributed by atoms with van der Waals surface area (Å²) >= 11 is 0. The number of nitrogens with two attached hydrogens (primary N) is 3. The Hall–Kier alpha value is -3.22. The molecule has 0 heterocycles. The van der Waals surface area contributed by atoms with E-state index in [-0.39, 0.29) is 0 Å². The van der Waals surface area contributed by atoms with E-state index in [0.29, 0.717) is 0 Å². The molecule has 0 aliphatic carbocycles. The lowest BCUT2D eigenvalue weighted by molar-refractivity contribution is -0.144. The molecule has 4 unspecified atom stereocenters. The van der Waals surface area contributed by atoms with E-state index in [1.807, 2.05) is 5.32 Å². The minimum absolute atomic E-state index is 0.406. The average Bonchev–Trinajstić information content (AvgIpc) is 2.56. The van der Waals surface area contributed by atoms with Gasteiger partial charge in [0.25, 0.3) is 0 Å². The number of hydrogen-bond donors (Lipinski definition) is 7. The summed E-state index contributed by atoms with van der Waals surface area (Å²) in [6.45, 7) is 4.67. The molecule has 0 aromatic rings. The summed E-state index contributed by atoms with van der Waals surface area (Å²) in [5, 5.41) is 15.8. The highest BCUT2D eigenvalue weighted by molar-refractivity contribution is 5.96. The lowest BCUT2D eigenvalue weighted by Gasteiger charge is -2.26. The Bertz CT molecular complexity index is 664. The van der Waals surface area contributed by atoms with Crippen LogP contribution in [0.15, 0.2) is 0 Å². The summed E-state index contributed by atoms with van der Waals surface area (Å²) in [6, 6.07) is -5.18. The van der Waals surface area contributed by atoms with Crippen molar-refractivity contribution >= 4 is 35.5 Å². The van der Waals surface area contributed by atoms with Crippen LogP contribution in [0.25, 0.3) is 0 Å². The predicted octanol–water partition coefficient (Wildman–Crippen LogP) is -3.72. The molecule has 0 aliphatic heterocycles. The Balaban J connectivity index is 5.43. The van der Waals surface area contributed by atoms with E-state index in [0.717, 1.165) is 0 Å². The number of primary amides is 2. The fraction of sp³-hybridized carbons (Fsp3) is 0.625. The van der Waals surface area contributed by atoms with Gasteiger partial charge in [-0.2, -0.15) is 0 Å². The first-order valence-corrected chi connectivity index (χ1v) is 8.72. The van der Waals surface area contributed by atoms with E-state index in [9.17, 15) is 28.8 Å². The molecule has 0 rings (SSSR count). The lowest BCUT2D eigenvalue weighted by atomic mass is 10.0. The highest BCUT2D eigenvalue weighted by atomic mass is 16.4. The monoisotopic (exact) mass is 416 g/mol. The third-order valence-corrected chi connectivity index (χ3v) is 3.72. The smallest absolute Gasteiger partial charge is 0.326 e. The van der Waals surface area contributed by atoms with Gasteiger partial charge in [0.15, 0.2) is 0 Å². The summed E-state index contributed by atoms with van der Waals surface area (Å²) < 4.78 is 0. The van der Waals surface area contributed by atoms with E-state index in [2.05, 4.69) is 10.6 Å². The largest absolute Gasteiger partial charge is 0.480 e. The van der Waals surface area contributed by atoms with Crippen LogP contribution in [0.2, 0.25) is 0 Å². The van der Waals surface area contributed by atoms with Crippen LogP contribution in [-0.4, -0.2) is 64.8 Å². The van der Waals surface area contributed by atoms with Crippen molar-refractivity contribution in [1.29, 1.82) is 0 Å². The van der Waals surface area contributed by atoms with Gasteiger partial charge in [0.1, 0.15) is 18.1 Å². The SMILES string of the molecule is CC(N)C(=O)NC(C(=O)NC(CC(N)=O)C(=O)NC(CC(N)=O)C(=O)O)C(C)C. The van der Waals surface area contributed by atoms with Crippen LogP contribution in [0.1, 0.15) is 33.6 Å². The maximum Gasteiger partial charge on any atom is 0.326 e. The minimum Gasteiger partial charge on any atom is -0.480 e. The first-order valence-electron chi connectivity index (χ1n) is 8.72. The van der Waals surface area contributed by atoms with Gasteiger partial charge in [-0.1, -0.05) is 13.8 Å². The van der Waals surface area contributed by atoms with Gasteiger partial charge in [-0.05, 0) is 12.8 Å². The van der Waals surface area contributed by atoms with Crippen molar-refractivity contribution in [3.8, 4) is 0 Å². The molecule has 164 valence electrons. The normalized spacial score (nSPS) is 14.8. The molecular formula is C16H28N6O7. The van der Waals surface area contributed by atoms with Gasteiger partial charge in [0.2, 0.25) is 29.5 Å². The van der Waals surface area contributed by atoms with Crippen molar-refractivity contribution in [3.63, 3.8) is 0 Å². The van der Waals surface area contributed by atoms with E-state index in [4.69, 9.17) is 22.3 Å². The molecule has 0 spiro atoms. The molecular weight excluding hydrogens is 388 g/mol. The molecule has 4 atom stereocenters. The zero-order valence-corrected chi connectivity index (χ0v) is 16.4. The molecule has 0 aromatic heterocycles. The number of carbonyl (C=O) groups excluding carboxylic acids is 5. The van der Waals surface area contributed by atoms with Gasteiger partial charge < -0.3 is 38.3 Å². The number of carbonyl (C=O) groups is 6. The maximum absolute atomic E-state index is 12.5. The fourth-order valence-corrected chi connectivity index (χ4v) is 2.17. The van der Waals surface area contributed by atoms with Crippen molar-refractivity contribution < 1.29 is 33.9 Å². The molecule has 13 nitrogen and oxygen atoms in total. The van der Waals surface area contributed by atoms with E-state index in [1.54, 1.807) is 13.8 Å². The Morgan fingerprint density at radius 2 is 1.21 bits per heavy atom.